The van der Waals surface area contributed by atoms with Crippen LogP contribution in [-0.4, -0.2) is 50.7 Å². The number of carbonyl (C=O) groups is 2. The van der Waals surface area contributed by atoms with Gasteiger partial charge in [0.2, 0.25) is 0 Å². The van der Waals surface area contributed by atoms with Crippen LogP contribution in [0.4, 0.5) is 0 Å². The summed E-state index contributed by atoms with van der Waals surface area (Å²) in [6, 6.07) is 26.8. The molecule has 2 aliphatic heterocycles. The normalized spacial score (nSPS) is 17.5. The number of thiocarbonyl (C=S) groups is 1. The number of thioether (sulfide) groups is 1. The number of carboxylic acids is 1. The molecule has 0 aliphatic carbocycles. The van der Waals surface area contributed by atoms with E-state index in [1.54, 1.807) is 6.08 Å². The number of benzene rings is 3. The first-order valence-electron chi connectivity index (χ1n) is 13.5. The molecule has 0 bridgehead atoms. The molecule has 1 amide bonds. The lowest BCUT2D eigenvalue weighted by Crippen LogP contribution is -2.34. The molecule has 3 aromatic carbocycles. The highest BCUT2D eigenvalue weighted by atomic mass is 32.2. The van der Waals surface area contributed by atoms with Gasteiger partial charge in [-0.05, 0) is 73.2 Å². The number of nitrogens with zero attached hydrogens (tertiary/aromatic N) is 2. The molecule has 40 heavy (non-hydrogen) atoms. The minimum absolute atomic E-state index is 0.264. The Balaban J connectivity index is 1.31. The maximum absolute atomic E-state index is 12.8. The van der Waals surface area contributed by atoms with Crippen LogP contribution in [-0.2, 0) is 29.2 Å². The number of carboxylic acid groups (broad SMARTS) is 1. The van der Waals surface area contributed by atoms with Gasteiger partial charge in [0.15, 0.2) is 0 Å². The lowest BCUT2D eigenvalue weighted by molar-refractivity contribution is -0.140. The molecule has 1 N–H and O–H groups in total. The van der Waals surface area contributed by atoms with Crippen molar-refractivity contribution in [3.63, 3.8) is 0 Å². The number of likely N-dealkylation sites (tertiary alicyclic amines) is 1. The van der Waals surface area contributed by atoms with Crippen LogP contribution in [0.25, 0.3) is 6.08 Å². The molecular formula is C32H32N2O4S2. The number of piperidine rings is 1. The summed E-state index contributed by atoms with van der Waals surface area (Å²) in [5.41, 5.74) is 4.42. The summed E-state index contributed by atoms with van der Waals surface area (Å²) >= 11 is 6.39. The van der Waals surface area contributed by atoms with Crippen LogP contribution in [0.15, 0.2) is 83.8 Å². The van der Waals surface area contributed by atoms with Crippen LogP contribution in [0.5, 0.6) is 5.75 Å². The first-order valence-corrected chi connectivity index (χ1v) is 14.7. The summed E-state index contributed by atoms with van der Waals surface area (Å²) in [6.45, 7) is 2.84. The minimum atomic E-state index is -1.09. The third-order valence-corrected chi connectivity index (χ3v) is 8.63. The zero-order valence-corrected chi connectivity index (χ0v) is 23.8. The Bertz CT molecular complexity index is 1390. The van der Waals surface area contributed by atoms with Gasteiger partial charge in [0.25, 0.3) is 5.91 Å². The number of amides is 1. The van der Waals surface area contributed by atoms with Crippen LogP contribution in [0.2, 0.25) is 0 Å². The van der Waals surface area contributed by atoms with Crippen LogP contribution in [0, 0.1) is 5.92 Å². The summed E-state index contributed by atoms with van der Waals surface area (Å²) in [5, 5.41) is 9.13. The van der Waals surface area contributed by atoms with Crippen molar-refractivity contribution in [2.75, 3.05) is 19.6 Å². The van der Waals surface area contributed by atoms with E-state index in [2.05, 4.69) is 41.3 Å². The number of rotatable bonds is 10. The van der Waals surface area contributed by atoms with Gasteiger partial charge in [0.05, 0.1) is 4.91 Å². The highest BCUT2D eigenvalue weighted by Crippen LogP contribution is 2.34. The van der Waals surface area contributed by atoms with Gasteiger partial charge in [0, 0.05) is 12.1 Å². The van der Waals surface area contributed by atoms with Crippen molar-refractivity contribution in [1.29, 1.82) is 0 Å². The van der Waals surface area contributed by atoms with Gasteiger partial charge in [-0.25, -0.2) is 0 Å². The Kier molecular flexibility index (Phi) is 9.31. The molecule has 0 spiro atoms. The SMILES string of the molecule is O=C(O)CN1C(=O)/C(=C/c2ccc(OCc3ccccc3)c(CN3CCC(Cc4ccccc4)CC3)c2)SC1=S. The molecule has 5 rings (SSSR count). The van der Waals surface area contributed by atoms with Crippen LogP contribution in [0.1, 0.15) is 35.1 Å². The fourth-order valence-corrected chi connectivity index (χ4v) is 6.40. The molecule has 2 heterocycles. The maximum atomic E-state index is 12.8. The summed E-state index contributed by atoms with van der Waals surface area (Å²) < 4.78 is 6.54. The van der Waals surface area contributed by atoms with Crippen molar-refractivity contribution < 1.29 is 19.4 Å². The highest BCUT2D eigenvalue weighted by Gasteiger charge is 2.33. The van der Waals surface area contributed by atoms with E-state index in [0.29, 0.717) is 17.4 Å². The molecule has 206 valence electrons. The van der Waals surface area contributed by atoms with Gasteiger partial charge in [0.1, 0.15) is 23.2 Å². The smallest absolute Gasteiger partial charge is 0.323 e. The van der Waals surface area contributed by atoms with Crippen LogP contribution in [0.3, 0.4) is 0 Å². The molecule has 0 aromatic heterocycles. The van der Waals surface area contributed by atoms with Gasteiger partial charge < -0.3 is 9.84 Å². The van der Waals surface area contributed by atoms with E-state index in [9.17, 15) is 9.59 Å². The van der Waals surface area contributed by atoms with E-state index in [4.69, 9.17) is 22.1 Å². The molecule has 6 nitrogen and oxygen atoms in total. The lowest BCUT2D eigenvalue weighted by atomic mass is 9.90. The summed E-state index contributed by atoms with van der Waals surface area (Å²) in [5.74, 6) is 0.0495. The number of aliphatic carboxylic acids is 1. The Morgan fingerprint density at radius 3 is 2.35 bits per heavy atom. The first kappa shape index (κ1) is 28.1. The van der Waals surface area contributed by atoms with E-state index in [1.165, 1.54) is 5.56 Å². The average Bonchev–Trinajstić information content (AvgIpc) is 3.21. The fraction of sp³-hybridized carbons (Fsp3) is 0.281. The minimum Gasteiger partial charge on any atom is -0.489 e. The zero-order chi connectivity index (χ0) is 27.9. The number of hydrogen-bond acceptors (Lipinski definition) is 6. The largest absolute Gasteiger partial charge is 0.489 e. The molecule has 3 aromatic rings. The van der Waals surface area contributed by atoms with Gasteiger partial charge >= 0.3 is 5.97 Å². The highest BCUT2D eigenvalue weighted by molar-refractivity contribution is 8.26. The predicted molar refractivity (Wildman–Crippen MR) is 163 cm³/mol. The third-order valence-electron chi connectivity index (χ3n) is 7.25. The van der Waals surface area contributed by atoms with E-state index in [1.807, 2.05) is 42.5 Å². The van der Waals surface area contributed by atoms with E-state index in [0.717, 1.165) is 78.0 Å². The van der Waals surface area contributed by atoms with Crippen molar-refractivity contribution in [3.05, 3.63) is 106 Å². The second-order valence-electron chi connectivity index (χ2n) is 10.2. The molecule has 8 heteroatoms. The fourth-order valence-electron chi connectivity index (χ4n) is 5.15. The molecular weight excluding hydrogens is 540 g/mol. The second-order valence-corrected chi connectivity index (χ2v) is 11.9. The van der Waals surface area contributed by atoms with Crippen LogP contribution < -0.4 is 4.74 Å². The standard InChI is InChI=1S/C32H32N2O4S2/c35-30(36)21-34-31(37)29(40-32(34)39)19-26-11-12-28(38-22-25-9-5-2-6-10-25)27(18-26)20-33-15-13-24(14-16-33)17-23-7-3-1-4-8-23/h1-12,18-19,24H,13-17,20-22H2,(H,35,36)/b29-19-. The third kappa shape index (κ3) is 7.38. The van der Waals surface area contributed by atoms with Crippen LogP contribution >= 0.6 is 24.0 Å². The van der Waals surface area contributed by atoms with Gasteiger partial charge in [-0.1, -0.05) is 90.7 Å². The average molecular weight is 573 g/mol. The number of carbonyl (C=O) groups excluding carboxylic acids is 1. The Morgan fingerprint density at radius 2 is 1.68 bits per heavy atom. The molecule has 2 fully saturated rings. The summed E-state index contributed by atoms with van der Waals surface area (Å²) in [4.78, 5) is 28.0. The van der Waals surface area contributed by atoms with Crippen molar-refractivity contribution in [2.24, 2.45) is 5.92 Å². The first-order chi connectivity index (χ1) is 19.4. The monoisotopic (exact) mass is 572 g/mol. The topological polar surface area (TPSA) is 70.1 Å². The van der Waals surface area contributed by atoms with Crippen molar-refractivity contribution in [3.8, 4) is 5.75 Å². The predicted octanol–water partition coefficient (Wildman–Crippen LogP) is 6.01. The Hall–Kier alpha value is -3.46. The zero-order valence-electron chi connectivity index (χ0n) is 22.2. The molecule has 0 radical (unpaired) electrons. The van der Waals surface area contributed by atoms with Crippen molar-refractivity contribution in [1.82, 2.24) is 9.80 Å². The Labute approximate surface area is 244 Å². The van der Waals surface area contributed by atoms with Gasteiger partial charge in [-0.15, -0.1) is 0 Å². The summed E-state index contributed by atoms with van der Waals surface area (Å²) in [6.07, 6.45) is 5.22. The number of ether oxygens (including phenoxy) is 1. The number of hydrogen-bond donors (Lipinski definition) is 1. The molecule has 0 unspecified atom stereocenters. The van der Waals surface area contributed by atoms with Gasteiger partial charge in [-0.2, -0.15) is 0 Å². The molecule has 0 saturated carbocycles. The molecule has 0 atom stereocenters. The Morgan fingerprint density at radius 1 is 1.00 bits per heavy atom. The van der Waals surface area contributed by atoms with Crippen molar-refractivity contribution in [2.45, 2.75) is 32.4 Å². The van der Waals surface area contributed by atoms with Gasteiger partial charge in [-0.3, -0.25) is 19.4 Å². The van der Waals surface area contributed by atoms with Crippen molar-refractivity contribution >= 4 is 46.3 Å². The van der Waals surface area contributed by atoms with E-state index < -0.39 is 12.5 Å². The maximum Gasteiger partial charge on any atom is 0.323 e. The van der Waals surface area contributed by atoms with E-state index in [-0.39, 0.29) is 10.2 Å². The quantitative estimate of drug-likeness (QED) is 0.236. The second kappa shape index (κ2) is 13.3. The van der Waals surface area contributed by atoms with E-state index >= 15 is 0 Å². The summed E-state index contributed by atoms with van der Waals surface area (Å²) in [7, 11) is 0. The molecule has 2 saturated heterocycles. The molecule has 2 aliphatic rings. The lowest BCUT2D eigenvalue weighted by Gasteiger charge is -2.32.